The highest BCUT2D eigenvalue weighted by Crippen LogP contribution is 2.17. The highest BCUT2D eigenvalue weighted by Gasteiger charge is 2.29. The van der Waals surface area contributed by atoms with Gasteiger partial charge in [0.25, 0.3) is 11.8 Å². The predicted octanol–water partition coefficient (Wildman–Crippen LogP) is 2.15. The summed E-state index contributed by atoms with van der Waals surface area (Å²) in [7, 11) is 1.57. The lowest BCUT2D eigenvalue weighted by molar-refractivity contribution is -0.0346. The number of halogens is 1. The van der Waals surface area contributed by atoms with Crippen LogP contribution in [0.1, 0.15) is 20.7 Å². The summed E-state index contributed by atoms with van der Waals surface area (Å²) in [6.45, 7) is 5.84. The van der Waals surface area contributed by atoms with E-state index in [9.17, 15) is 14.0 Å². The van der Waals surface area contributed by atoms with Gasteiger partial charge < -0.3 is 24.0 Å². The molecule has 2 amide bonds. The summed E-state index contributed by atoms with van der Waals surface area (Å²) in [4.78, 5) is 32.2. The first-order valence-electron chi connectivity index (χ1n) is 11.9. The first-order valence-corrected chi connectivity index (χ1v) is 11.9. The number of nitrogens with zero attached hydrogens (tertiary/aromatic N) is 3. The Hall–Kier alpha value is -3.01. The Morgan fingerprint density at radius 2 is 1.83 bits per heavy atom. The molecule has 0 spiro atoms. The second-order valence-electron chi connectivity index (χ2n) is 8.69. The van der Waals surface area contributed by atoms with Crippen LogP contribution >= 0.6 is 0 Å². The minimum absolute atomic E-state index is 0.109. The van der Waals surface area contributed by atoms with Crippen molar-refractivity contribution in [2.75, 3.05) is 72.7 Å². The van der Waals surface area contributed by atoms with E-state index in [4.69, 9.17) is 14.2 Å². The minimum atomic E-state index is -0.381. The zero-order chi connectivity index (χ0) is 24.6. The molecule has 2 heterocycles. The molecule has 2 aromatic carbocycles. The van der Waals surface area contributed by atoms with Crippen LogP contribution in [0.15, 0.2) is 48.5 Å². The van der Waals surface area contributed by atoms with Crippen molar-refractivity contribution < 1.29 is 28.2 Å². The molecule has 2 fully saturated rings. The number of benzene rings is 2. The Kier molecular flexibility index (Phi) is 8.68. The van der Waals surface area contributed by atoms with Crippen LogP contribution in [0.5, 0.6) is 5.75 Å². The molecule has 0 radical (unpaired) electrons. The molecule has 35 heavy (non-hydrogen) atoms. The minimum Gasteiger partial charge on any atom is -0.497 e. The molecule has 0 bridgehead atoms. The van der Waals surface area contributed by atoms with Gasteiger partial charge in [-0.15, -0.1) is 0 Å². The molecule has 9 heteroatoms. The predicted molar refractivity (Wildman–Crippen MR) is 128 cm³/mol. The van der Waals surface area contributed by atoms with Crippen molar-refractivity contribution in [1.29, 1.82) is 0 Å². The number of rotatable bonds is 8. The van der Waals surface area contributed by atoms with Gasteiger partial charge in [-0.25, -0.2) is 4.39 Å². The van der Waals surface area contributed by atoms with Crippen molar-refractivity contribution >= 4 is 11.8 Å². The second-order valence-corrected chi connectivity index (χ2v) is 8.69. The lowest BCUT2D eigenvalue weighted by Crippen LogP contribution is -2.52. The molecule has 0 N–H and O–H groups in total. The van der Waals surface area contributed by atoms with E-state index in [1.807, 2.05) is 0 Å². The fourth-order valence-electron chi connectivity index (χ4n) is 4.34. The summed E-state index contributed by atoms with van der Waals surface area (Å²) in [5, 5.41) is 0. The topological polar surface area (TPSA) is 71.6 Å². The third-order valence-corrected chi connectivity index (χ3v) is 6.33. The van der Waals surface area contributed by atoms with Gasteiger partial charge in [-0.1, -0.05) is 6.07 Å². The lowest BCUT2D eigenvalue weighted by atomic mass is 10.1. The zero-order valence-electron chi connectivity index (χ0n) is 20.0. The van der Waals surface area contributed by atoms with E-state index >= 15 is 0 Å². The number of morpholine rings is 2. The first kappa shape index (κ1) is 25.1. The molecule has 0 aliphatic carbocycles. The lowest BCUT2D eigenvalue weighted by Gasteiger charge is -2.37. The van der Waals surface area contributed by atoms with E-state index in [0.717, 1.165) is 19.6 Å². The quantitative estimate of drug-likeness (QED) is 0.571. The van der Waals surface area contributed by atoms with Crippen LogP contribution in [0.2, 0.25) is 0 Å². The summed E-state index contributed by atoms with van der Waals surface area (Å²) in [5.74, 6) is -0.0395. The van der Waals surface area contributed by atoms with Gasteiger partial charge in [0.1, 0.15) is 11.6 Å². The Balaban J connectivity index is 1.45. The number of ether oxygens (including phenoxy) is 3. The van der Waals surface area contributed by atoms with E-state index in [0.29, 0.717) is 62.9 Å². The van der Waals surface area contributed by atoms with Gasteiger partial charge in [0.2, 0.25) is 0 Å². The van der Waals surface area contributed by atoms with Gasteiger partial charge >= 0.3 is 0 Å². The molecule has 2 aromatic rings. The summed E-state index contributed by atoms with van der Waals surface area (Å²) in [6, 6.07) is 12.7. The normalized spacial score (nSPS) is 18.8. The van der Waals surface area contributed by atoms with Gasteiger partial charge in [0.15, 0.2) is 0 Å². The highest BCUT2D eigenvalue weighted by molar-refractivity contribution is 5.95. The van der Waals surface area contributed by atoms with Gasteiger partial charge in [0.05, 0.1) is 33.0 Å². The van der Waals surface area contributed by atoms with Crippen LogP contribution in [0.3, 0.4) is 0 Å². The molecule has 0 aromatic heterocycles. The fourth-order valence-corrected chi connectivity index (χ4v) is 4.34. The maximum atomic E-state index is 13.5. The van der Waals surface area contributed by atoms with E-state index in [1.54, 1.807) is 41.2 Å². The molecular formula is C26H32FN3O5. The second kappa shape index (κ2) is 12.1. The van der Waals surface area contributed by atoms with Gasteiger partial charge in [-0.05, 0) is 42.5 Å². The third-order valence-electron chi connectivity index (χ3n) is 6.33. The smallest absolute Gasteiger partial charge is 0.254 e. The fraction of sp³-hybridized carbons (Fsp3) is 0.462. The van der Waals surface area contributed by atoms with Crippen molar-refractivity contribution in [2.45, 2.75) is 6.10 Å². The van der Waals surface area contributed by atoms with Gasteiger partial charge in [0, 0.05) is 56.9 Å². The van der Waals surface area contributed by atoms with Crippen molar-refractivity contribution in [3.8, 4) is 5.75 Å². The molecule has 8 nitrogen and oxygen atoms in total. The van der Waals surface area contributed by atoms with E-state index in [2.05, 4.69) is 4.90 Å². The van der Waals surface area contributed by atoms with Crippen molar-refractivity contribution in [3.05, 3.63) is 65.5 Å². The molecule has 0 saturated carbocycles. The maximum absolute atomic E-state index is 13.5. The Morgan fingerprint density at radius 1 is 1.06 bits per heavy atom. The van der Waals surface area contributed by atoms with E-state index in [-0.39, 0.29) is 23.7 Å². The number of carbonyl (C=O) groups excluding carboxylic acids is 2. The first-order chi connectivity index (χ1) is 17.0. The SMILES string of the molecule is COc1cccc(C(=O)N(CCN2CCOCC2)C[C@H]2CN(C(=O)c3ccc(F)cc3)CCO2)c1. The largest absolute Gasteiger partial charge is 0.497 e. The Morgan fingerprint density at radius 3 is 2.57 bits per heavy atom. The van der Waals surface area contributed by atoms with Crippen LogP contribution in [0.4, 0.5) is 4.39 Å². The Labute approximate surface area is 205 Å². The van der Waals surface area contributed by atoms with Crippen LogP contribution in [0.25, 0.3) is 0 Å². The molecule has 2 aliphatic rings. The summed E-state index contributed by atoms with van der Waals surface area (Å²) >= 11 is 0. The zero-order valence-corrected chi connectivity index (χ0v) is 20.0. The summed E-state index contributed by atoms with van der Waals surface area (Å²) in [6.07, 6.45) is -0.326. The summed E-state index contributed by atoms with van der Waals surface area (Å²) in [5.41, 5.74) is 0.977. The molecule has 2 aliphatic heterocycles. The summed E-state index contributed by atoms with van der Waals surface area (Å²) < 4.78 is 30.0. The van der Waals surface area contributed by atoms with E-state index < -0.39 is 0 Å². The third kappa shape index (κ3) is 6.78. The number of amides is 2. The van der Waals surface area contributed by atoms with Crippen molar-refractivity contribution in [3.63, 3.8) is 0 Å². The number of hydrogen-bond acceptors (Lipinski definition) is 6. The monoisotopic (exact) mass is 485 g/mol. The molecule has 1 atom stereocenters. The highest BCUT2D eigenvalue weighted by atomic mass is 19.1. The van der Waals surface area contributed by atoms with Crippen molar-refractivity contribution in [1.82, 2.24) is 14.7 Å². The van der Waals surface area contributed by atoms with Crippen LogP contribution in [-0.2, 0) is 9.47 Å². The van der Waals surface area contributed by atoms with Crippen LogP contribution < -0.4 is 4.74 Å². The number of hydrogen-bond donors (Lipinski definition) is 0. The number of methoxy groups -OCH3 is 1. The van der Waals surface area contributed by atoms with Gasteiger partial charge in [-0.3, -0.25) is 14.5 Å². The van der Waals surface area contributed by atoms with Crippen molar-refractivity contribution in [2.24, 2.45) is 0 Å². The molecule has 188 valence electrons. The van der Waals surface area contributed by atoms with Crippen LogP contribution in [-0.4, -0.2) is 105 Å². The maximum Gasteiger partial charge on any atom is 0.254 e. The van der Waals surface area contributed by atoms with Gasteiger partial charge in [-0.2, -0.15) is 0 Å². The molecule has 0 unspecified atom stereocenters. The number of carbonyl (C=O) groups is 2. The molecule has 4 rings (SSSR count). The standard InChI is InChI=1S/C26H32FN3O5/c1-33-23-4-2-3-21(17-23)26(32)29(10-9-28-11-14-34-15-12-28)18-24-19-30(13-16-35-24)25(31)20-5-7-22(27)8-6-20/h2-8,17,24H,9-16,18-19H2,1H3/t24-/m0/s1. The average Bonchev–Trinajstić information content (AvgIpc) is 2.91. The molecular weight excluding hydrogens is 453 g/mol. The molecule has 2 saturated heterocycles. The van der Waals surface area contributed by atoms with E-state index in [1.165, 1.54) is 24.3 Å². The average molecular weight is 486 g/mol. The van der Waals surface area contributed by atoms with Crippen LogP contribution in [0, 0.1) is 5.82 Å². The Bertz CT molecular complexity index is 997.